The molecule has 1 saturated heterocycles. The van der Waals surface area contributed by atoms with Crippen LogP contribution in [0.15, 0.2) is 18.5 Å². The minimum atomic E-state index is 0.667. The monoisotopic (exact) mass is 230 g/mol. The molecular weight excluding hydrogens is 212 g/mol. The number of nitriles is 1. The van der Waals surface area contributed by atoms with Gasteiger partial charge in [0.1, 0.15) is 6.07 Å². The van der Waals surface area contributed by atoms with Crippen LogP contribution in [0.4, 0.5) is 5.69 Å². The van der Waals surface area contributed by atoms with Gasteiger partial charge in [0.2, 0.25) is 0 Å². The minimum absolute atomic E-state index is 0.667. The highest BCUT2D eigenvalue weighted by atomic mass is 15.1. The van der Waals surface area contributed by atoms with Gasteiger partial charge in [0, 0.05) is 19.8 Å². The molecule has 0 spiro atoms. The molecule has 1 N–H and O–H groups in total. The van der Waals surface area contributed by atoms with Crippen molar-refractivity contribution in [1.29, 1.82) is 5.26 Å². The van der Waals surface area contributed by atoms with Crippen molar-refractivity contribution in [2.75, 3.05) is 31.6 Å². The number of rotatable bonds is 3. The lowest BCUT2D eigenvalue weighted by molar-refractivity contribution is 0.381. The predicted molar refractivity (Wildman–Crippen MR) is 67.8 cm³/mol. The third-order valence-corrected chi connectivity index (χ3v) is 3.26. The maximum absolute atomic E-state index is 9.06. The van der Waals surface area contributed by atoms with Crippen LogP contribution in [-0.4, -0.2) is 31.7 Å². The van der Waals surface area contributed by atoms with E-state index in [9.17, 15) is 0 Å². The first kappa shape index (κ1) is 11.9. The lowest BCUT2D eigenvalue weighted by Gasteiger charge is -2.29. The van der Waals surface area contributed by atoms with Crippen LogP contribution in [0.1, 0.15) is 18.4 Å². The van der Waals surface area contributed by atoms with Crippen molar-refractivity contribution in [1.82, 2.24) is 10.3 Å². The molecular formula is C13H18N4. The molecule has 0 aromatic carbocycles. The molecule has 1 unspecified atom stereocenters. The molecule has 1 fully saturated rings. The van der Waals surface area contributed by atoms with Crippen molar-refractivity contribution < 1.29 is 0 Å². The Morgan fingerprint density at radius 3 is 3.24 bits per heavy atom. The summed E-state index contributed by atoms with van der Waals surface area (Å²) in [7, 11) is 2.03. The molecule has 4 nitrogen and oxygen atoms in total. The lowest BCUT2D eigenvalue weighted by atomic mass is 9.99. The number of nitrogens with one attached hydrogen (secondary N) is 1. The minimum Gasteiger partial charge on any atom is -0.372 e. The van der Waals surface area contributed by atoms with Gasteiger partial charge in [-0.05, 0) is 37.9 Å². The summed E-state index contributed by atoms with van der Waals surface area (Å²) in [4.78, 5) is 6.24. The molecule has 2 rings (SSSR count). The Bertz CT molecular complexity index is 404. The number of nitrogens with zero attached hydrogens (tertiary/aromatic N) is 3. The van der Waals surface area contributed by atoms with Crippen molar-refractivity contribution in [3.8, 4) is 6.07 Å². The molecule has 4 heteroatoms. The van der Waals surface area contributed by atoms with Gasteiger partial charge in [-0.25, -0.2) is 0 Å². The maximum Gasteiger partial charge on any atom is 0.101 e. The van der Waals surface area contributed by atoms with Gasteiger partial charge >= 0.3 is 0 Å². The highest BCUT2D eigenvalue weighted by Gasteiger charge is 2.16. The molecule has 1 aliphatic heterocycles. The van der Waals surface area contributed by atoms with Crippen LogP contribution in [0.5, 0.6) is 0 Å². The Labute approximate surface area is 102 Å². The molecule has 17 heavy (non-hydrogen) atoms. The SMILES string of the molecule is CN(CC1CCCNC1)c1cnccc1C#N. The van der Waals surface area contributed by atoms with E-state index in [0.717, 1.165) is 25.3 Å². The Morgan fingerprint density at radius 2 is 2.53 bits per heavy atom. The van der Waals surface area contributed by atoms with Crippen molar-refractivity contribution >= 4 is 5.69 Å². The molecule has 0 saturated carbocycles. The Balaban J connectivity index is 2.03. The highest BCUT2D eigenvalue weighted by Crippen LogP contribution is 2.19. The second-order valence-electron chi connectivity index (χ2n) is 4.60. The van der Waals surface area contributed by atoms with E-state index in [2.05, 4.69) is 21.3 Å². The smallest absolute Gasteiger partial charge is 0.101 e. The van der Waals surface area contributed by atoms with E-state index in [4.69, 9.17) is 5.26 Å². The van der Waals surface area contributed by atoms with Gasteiger partial charge in [-0.1, -0.05) is 0 Å². The summed E-state index contributed by atoms with van der Waals surface area (Å²) in [5, 5.41) is 12.5. The first-order chi connectivity index (χ1) is 8.31. The number of anilines is 1. The summed E-state index contributed by atoms with van der Waals surface area (Å²) < 4.78 is 0. The summed E-state index contributed by atoms with van der Waals surface area (Å²) in [5.74, 6) is 0.667. The summed E-state index contributed by atoms with van der Waals surface area (Å²) >= 11 is 0. The fraction of sp³-hybridized carbons (Fsp3) is 0.538. The van der Waals surface area contributed by atoms with Crippen molar-refractivity contribution in [2.24, 2.45) is 5.92 Å². The molecule has 0 amide bonds. The molecule has 0 aliphatic carbocycles. The molecule has 1 aromatic rings. The Hall–Kier alpha value is -1.60. The number of piperidine rings is 1. The van der Waals surface area contributed by atoms with Crippen LogP contribution in [0.3, 0.4) is 0 Å². The fourth-order valence-electron chi connectivity index (χ4n) is 2.35. The van der Waals surface area contributed by atoms with Gasteiger partial charge in [0.15, 0.2) is 0 Å². The largest absolute Gasteiger partial charge is 0.372 e. The standard InChI is InChI=1S/C13H18N4/c1-17(10-11-3-2-5-15-8-11)13-9-16-6-4-12(13)7-14/h4,6,9,11,15H,2-3,5,8,10H2,1H3. The number of hydrogen-bond acceptors (Lipinski definition) is 4. The van der Waals surface area contributed by atoms with Gasteiger partial charge in [-0.2, -0.15) is 5.26 Å². The van der Waals surface area contributed by atoms with E-state index < -0.39 is 0 Å². The highest BCUT2D eigenvalue weighted by molar-refractivity contribution is 5.56. The lowest BCUT2D eigenvalue weighted by Crippen LogP contribution is -2.37. The fourth-order valence-corrected chi connectivity index (χ4v) is 2.35. The van der Waals surface area contributed by atoms with Crippen LogP contribution in [0, 0.1) is 17.2 Å². The summed E-state index contributed by atoms with van der Waals surface area (Å²) in [6.45, 7) is 3.19. The van der Waals surface area contributed by atoms with Crippen LogP contribution < -0.4 is 10.2 Å². The quantitative estimate of drug-likeness (QED) is 0.852. The maximum atomic E-state index is 9.06. The van der Waals surface area contributed by atoms with E-state index in [1.54, 1.807) is 18.5 Å². The molecule has 2 heterocycles. The molecule has 1 atom stereocenters. The second-order valence-corrected chi connectivity index (χ2v) is 4.60. The number of aromatic nitrogens is 1. The first-order valence-electron chi connectivity index (χ1n) is 6.07. The zero-order chi connectivity index (χ0) is 12.1. The van der Waals surface area contributed by atoms with Crippen molar-refractivity contribution in [3.63, 3.8) is 0 Å². The van der Waals surface area contributed by atoms with Crippen molar-refractivity contribution in [3.05, 3.63) is 24.0 Å². The summed E-state index contributed by atoms with van der Waals surface area (Å²) in [5.41, 5.74) is 1.63. The molecule has 1 aliphatic rings. The average Bonchev–Trinajstić information content (AvgIpc) is 2.40. The summed E-state index contributed by atoms with van der Waals surface area (Å²) in [6, 6.07) is 3.99. The first-order valence-corrected chi connectivity index (χ1v) is 6.07. The normalized spacial score (nSPS) is 19.6. The van der Waals surface area contributed by atoms with E-state index in [0.29, 0.717) is 11.5 Å². The number of hydrogen-bond donors (Lipinski definition) is 1. The molecule has 0 radical (unpaired) electrons. The van der Waals surface area contributed by atoms with Crippen LogP contribution in [0.25, 0.3) is 0 Å². The van der Waals surface area contributed by atoms with E-state index in [1.165, 1.54) is 12.8 Å². The Morgan fingerprint density at radius 1 is 1.65 bits per heavy atom. The van der Waals surface area contributed by atoms with Gasteiger partial charge in [0.25, 0.3) is 0 Å². The number of pyridine rings is 1. The van der Waals surface area contributed by atoms with Crippen molar-refractivity contribution in [2.45, 2.75) is 12.8 Å². The van der Waals surface area contributed by atoms with E-state index in [-0.39, 0.29) is 0 Å². The van der Waals surface area contributed by atoms with Gasteiger partial charge in [0.05, 0.1) is 17.4 Å². The van der Waals surface area contributed by atoms with Crippen LogP contribution in [-0.2, 0) is 0 Å². The molecule has 1 aromatic heterocycles. The predicted octanol–water partition coefficient (Wildman–Crippen LogP) is 1.39. The third kappa shape index (κ3) is 2.95. The average molecular weight is 230 g/mol. The van der Waals surface area contributed by atoms with Crippen LogP contribution >= 0.6 is 0 Å². The van der Waals surface area contributed by atoms with Gasteiger partial charge in [-0.15, -0.1) is 0 Å². The van der Waals surface area contributed by atoms with Gasteiger partial charge < -0.3 is 10.2 Å². The zero-order valence-corrected chi connectivity index (χ0v) is 10.2. The summed E-state index contributed by atoms with van der Waals surface area (Å²) in [6.07, 6.45) is 5.95. The zero-order valence-electron chi connectivity index (χ0n) is 10.2. The molecule has 90 valence electrons. The van der Waals surface area contributed by atoms with E-state index >= 15 is 0 Å². The van der Waals surface area contributed by atoms with Crippen LogP contribution in [0.2, 0.25) is 0 Å². The Kier molecular flexibility index (Phi) is 3.94. The molecule has 0 bridgehead atoms. The topological polar surface area (TPSA) is 52.0 Å². The third-order valence-electron chi connectivity index (χ3n) is 3.26. The second kappa shape index (κ2) is 5.65. The van der Waals surface area contributed by atoms with E-state index in [1.807, 2.05) is 7.05 Å². The van der Waals surface area contributed by atoms with Gasteiger partial charge in [-0.3, -0.25) is 4.98 Å².